The van der Waals surface area contributed by atoms with Crippen molar-refractivity contribution >= 4 is 0 Å². The lowest BCUT2D eigenvalue weighted by atomic mass is 10.0. The molecule has 1 aliphatic rings. The third-order valence-electron chi connectivity index (χ3n) is 4.04. The van der Waals surface area contributed by atoms with Crippen molar-refractivity contribution in [2.24, 2.45) is 5.92 Å². The molecule has 0 aliphatic carbocycles. The van der Waals surface area contributed by atoms with E-state index in [0.717, 1.165) is 37.5 Å². The van der Waals surface area contributed by atoms with Gasteiger partial charge in [0.25, 0.3) is 0 Å². The number of hydrogen-bond acceptors (Lipinski definition) is 5. The van der Waals surface area contributed by atoms with E-state index in [9.17, 15) is 5.11 Å². The first-order valence-corrected chi connectivity index (χ1v) is 7.48. The van der Waals surface area contributed by atoms with Gasteiger partial charge in [-0.05, 0) is 13.8 Å². The van der Waals surface area contributed by atoms with Crippen molar-refractivity contribution in [1.82, 2.24) is 19.8 Å². The van der Waals surface area contributed by atoms with Gasteiger partial charge in [-0.1, -0.05) is 5.16 Å². The average molecular weight is 290 g/mol. The van der Waals surface area contributed by atoms with Crippen LogP contribution in [-0.2, 0) is 19.5 Å². The zero-order chi connectivity index (χ0) is 14.8. The number of aliphatic hydroxyl groups excluding tert-OH is 1. The molecule has 2 aromatic heterocycles. The number of aliphatic hydroxyl groups is 1. The van der Waals surface area contributed by atoms with Gasteiger partial charge in [-0.3, -0.25) is 9.58 Å². The number of aryl methyl sites for hydroxylation is 2. The van der Waals surface area contributed by atoms with Gasteiger partial charge in [-0.25, -0.2) is 0 Å². The van der Waals surface area contributed by atoms with Crippen LogP contribution in [0.15, 0.2) is 23.0 Å². The molecule has 0 amide bonds. The van der Waals surface area contributed by atoms with Crippen LogP contribution in [0.4, 0.5) is 0 Å². The van der Waals surface area contributed by atoms with Gasteiger partial charge in [-0.2, -0.15) is 5.10 Å². The van der Waals surface area contributed by atoms with Crippen LogP contribution in [-0.4, -0.2) is 44.1 Å². The van der Waals surface area contributed by atoms with Crippen LogP contribution in [0.3, 0.4) is 0 Å². The highest BCUT2D eigenvalue weighted by molar-refractivity contribution is 5.07. The third kappa shape index (κ3) is 3.33. The van der Waals surface area contributed by atoms with Crippen LogP contribution < -0.4 is 0 Å². The Morgan fingerprint density at radius 2 is 2.29 bits per heavy atom. The Balaban J connectivity index is 1.57. The number of rotatable bonds is 5. The molecule has 1 saturated heterocycles. The van der Waals surface area contributed by atoms with E-state index in [-0.39, 0.29) is 12.0 Å². The predicted octanol–water partition coefficient (Wildman–Crippen LogP) is 1.23. The van der Waals surface area contributed by atoms with Crippen molar-refractivity contribution in [3.8, 4) is 0 Å². The van der Waals surface area contributed by atoms with Crippen molar-refractivity contribution in [1.29, 1.82) is 0 Å². The van der Waals surface area contributed by atoms with Crippen LogP contribution in [0.2, 0.25) is 0 Å². The number of nitrogens with zero attached hydrogens (tertiary/aromatic N) is 4. The Bertz CT molecular complexity index is 592. The molecule has 0 bridgehead atoms. The molecule has 6 heteroatoms. The lowest BCUT2D eigenvalue weighted by molar-refractivity contribution is 0.137. The van der Waals surface area contributed by atoms with E-state index in [4.69, 9.17) is 4.52 Å². The summed E-state index contributed by atoms with van der Waals surface area (Å²) in [4.78, 5) is 2.27. The molecule has 0 spiro atoms. The van der Waals surface area contributed by atoms with Gasteiger partial charge in [-0.15, -0.1) is 0 Å². The van der Waals surface area contributed by atoms with Crippen LogP contribution in [0.1, 0.15) is 23.9 Å². The fourth-order valence-corrected chi connectivity index (χ4v) is 2.96. The van der Waals surface area contributed by atoms with Gasteiger partial charge < -0.3 is 9.63 Å². The second-order valence-corrected chi connectivity index (χ2v) is 5.86. The summed E-state index contributed by atoms with van der Waals surface area (Å²) in [6, 6.07) is 1.95. The maximum atomic E-state index is 10.2. The van der Waals surface area contributed by atoms with Crippen molar-refractivity contribution in [2.75, 3.05) is 13.1 Å². The summed E-state index contributed by atoms with van der Waals surface area (Å²) < 4.78 is 7.18. The number of likely N-dealkylation sites (tertiary alicyclic amines) is 1. The van der Waals surface area contributed by atoms with E-state index < -0.39 is 0 Å². The van der Waals surface area contributed by atoms with E-state index in [1.165, 1.54) is 5.56 Å². The van der Waals surface area contributed by atoms with Gasteiger partial charge in [0.15, 0.2) is 0 Å². The zero-order valence-corrected chi connectivity index (χ0v) is 12.6. The molecular formula is C15H22N4O2. The summed E-state index contributed by atoms with van der Waals surface area (Å²) in [6.07, 6.45) is 4.41. The molecule has 0 radical (unpaired) electrons. The molecule has 0 unspecified atom stereocenters. The third-order valence-corrected chi connectivity index (χ3v) is 4.04. The minimum absolute atomic E-state index is 0.207. The zero-order valence-electron chi connectivity index (χ0n) is 12.6. The summed E-state index contributed by atoms with van der Waals surface area (Å²) in [5, 5.41) is 18.4. The van der Waals surface area contributed by atoms with Crippen molar-refractivity contribution < 1.29 is 9.63 Å². The highest BCUT2D eigenvalue weighted by atomic mass is 16.5. The standard InChI is InChI=1S/C15H22N4O2/c1-3-19-8-12(6-16-19)7-18-9-13(15(20)10-18)5-14-4-11(2)17-21-14/h4,6,8,13,15,20H,3,5,7,9-10H2,1-2H3/t13-,15+/m1/s1. The van der Waals surface area contributed by atoms with E-state index in [0.29, 0.717) is 6.54 Å². The van der Waals surface area contributed by atoms with Gasteiger partial charge in [0.05, 0.1) is 18.0 Å². The average Bonchev–Trinajstić information content (AvgIpc) is 3.14. The highest BCUT2D eigenvalue weighted by Gasteiger charge is 2.32. The van der Waals surface area contributed by atoms with Gasteiger partial charge in [0.1, 0.15) is 5.76 Å². The van der Waals surface area contributed by atoms with Crippen LogP contribution in [0.5, 0.6) is 0 Å². The summed E-state index contributed by atoms with van der Waals surface area (Å²) in [5.41, 5.74) is 2.08. The first-order valence-electron chi connectivity index (χ1n) is 7.48. The Morgan fingerprint density at radius 3 is 2.95 bits per heavy atom. The lowest BCUT2D eigenvalue weighted by Crippen LogP contribution is -2.21. The number of β-amino-alcohol motifs (C(OH)–C–C–N with tert-alkyl or cyclic N) is 1. The minimum atomic E-state index is -0.309. The van der Waals surface area contributed by atoms with Gasteiger partial charge in [0.2, 0.25) is 0 Å². The maximum absolute atomic E-state index is 10.2. The van der Waals surface area contributed by atoms with Gasteiger partial charge >= 0.3 is 0 Å². The summed E-state index contributed by atoms with van der Waals surface area (Å²) in [6.45, 7) is 7.29. The molecule has 0 aromatic carbocycles. The maximum Gasteiger partial charge on any atom is 0.137 e. The Hall–Kier alpha value is -1.66. The Labute approximate surface area is 124 Å². The van der Waals surface area contributed by atoms with Crippen molar-refractivity contribution in [2.45, 2.75) is 39.5 Å². The molecule has 0 saturated carbocycles. The molecule has 114 valence electrons. The Morgan fingerprint density at radius 1 is 1.43 bits per heavy atom. The fourth-order valence-electron chi connectivity index (χ4n) is 2.96. The first-order chi connectivity index (χ1) is 10.1. The smallest absolute Gasteiger partial charge is 0.137 e. The molecule has 1 N–H and O–H groups in total. The molecule has 2 aromatic rings. The predicted molar refractivity (Wildman–Crippen MR) is 77.6 cm³/mol. The molecule has 1 aliphatic heterocycles. The molecular weight excluding hydrogens is 268 g/mol. The molecule has 6 nitrogen and oxygen atoms in total. The minimum Gasteiger partial charge on any atom is -0.391 e. The topological polar surface area (TPSA) is 67.3 Å². The monoisotopic (exact) mass is 290 g/mol. The van der Waals surface area contributed by atoms with Crippen LogP contribution >= 0.6 is 0 Å². The normalized spacial score (nSPS) is 23.0. The molecule has 3 heterocycles. The van der Waals surface area contributed by atoms with Gasteiger partial charge in [0, 0.05) is 56.3 Å². The summed E-state index contributed by atoms with van der Waals surface area (Å²) in [5.74, 6) is 1.07. The molecule has 2 atom stereocenters. The van der Waals surface area contributed by atoms with Crippen molar-refractivity contribution in [3.05, 3.63) is 35.5 Å². The summed E-state index contributed by atoms with van der Waals surface area (Å²) >= 11 is 0. The van der Waals surface area contributed by atoms with E-state index in [2.05, 4.69) is 28.3 Å². The molecule has 1 fully saturated rings. The highest BCUT2D eigenvalue weighted by Crippen LogP contribution is 2.23. The SMILES string of the molecule is CCn1cc(CN2C[C@@H](Cc3cc(C)no3)[C@@H](O)C2)cn1. The first kappa shape index (κ1) is 14.3. The largest absolute Gasteiger partial charge is 0.391 e. The van der Waals surface area contributed by atoms with E-state index in [1.54, 1.807) is 0 Å². The van der Waals surface area contributed by atoms with Crippen LogP contribution in [0.25, 0.3) is 0 Å². The second kappa shape index (κ2) is 5.99. The van der Waals surface area contributed by atoms with Crippen LogP contribution in [0, 0.1) is 12.8 Å². The lowest BCUT2D eigenvalue weighted by Gasteiger charge is -2.13. The van der Waals surface area contributed by atoms with E-state index in [1.807, 2.05) is 23.9 Å². The fraction of sp³-hybridized carbons (Fsp3) is 0.600. The summed E-state index contributed by atoms with van der Waals surface area (Å²) in [7, 11) is 0. The number of aromatic nitrogens is 3. The van der Waals surface area contributed by atoms with Crippen molar-refractivity contribution in [3.63, 3.8) is 0 Å². The second-order valence-electron chi connectivity index (χ2n) is 5.86. The Kier molecular flexibility index (Phi) is 4.07. The molecule has 21 heavy (non-hydrogen) atoms. The molecule has 3 rings (SSSR count). The quantitative estimate of drug-likeness (QED) is 0.897. The van der Waals surface area contributed by atoms with E-state index >= 15 is 0 Å². The number of hydrogen-bond donors (Lipinski definition) is 1.